The van der Waals surface area contributed by atoms with Crippen LogP contribution in [0.1, 0.15) is 16.4 Å². The van der Waals surface area contributed by atoms with E-state index in [-0.39, 0.29) is 11.5 Å². The Morgan fingerprint density at radius 3 is 2.88 bits per heavy atom. The number of furan rings is 1. The van der Waals surface area contributed by atoms with E-state index in [1.165, 1.54) is 17.6 Å². The van der Waals surface area contributed by atoms with Crippen molar-refractivity contribution in [1.29, 1.82) is 0 Å². The van der Waals surface area contributed by atoms with Gasteiger partial charge in [0.1, 0.15) is 10.5 Å². The third kappa shape index (κ3) is 2.85. The lowest BCUT2D eigenvalue weighted by Crippen LogP contribution is -2.48. The van der Waals surface area contributed by atoms with Gasteiger partial charge in [-0.25, -0.2) is 4.98 Å². The number of thiophene rings is 1. The summed E-state index contributed by atoms with van der Waals surface area (Å²) >= 11 is 1.40. The van der Waals surface area contributed by atoms with Gasteiger partial charge in [0.25, 0.3) is 11.5 Å². The van der Waals surface area contributed by atoms with Crippen LogP contribution in [0.5, 0.6) is 0 Å². The molecule has 24 heavy (non-hydrogen) atoms. The molecule has 7 nitrogen and oxygen atoms in total. The largest absolute Gasteiger partial charge is 0.459 e. The molecule has 3 aromatic rings. The van der Waals surface area contributed by atoms with E-state index in [2.05, 4.69) is 14.9 Å². The average molecular weight is 344 g/mol. The van der Waals surface area contributed by atoms with Gasteiger partial charge in [0, 0.05) is 26.2 Å². The first-order valence-electron chi connectivity index (χ1n) is 7.72. The summed E-state index contributed by atoms with van der Waals surface area (Å²) in [5.74, 6) is 0.958. The summed E-state index contributed by atoms with van der Waals surface area (Å²) in [6.45, 7) is 3.30. The zero-order chi connectivity index (χ0) is 16.5. The third-order valence-electron chi connectivity index (χ3n) is 4.13. The molecule has 0 aromatic carbocycles. The van der Waals surface area contributed by atoms with E-state index in [4.69, 9.17) is 4.42 Å². The minimum absolute atomic E-state index is 0.0779. The fraction of sp³-hybridized carbons (Fsp3) is 0.312. The molecule has 124 valence electrons. The van der Waals surface area contributed by atoms with Crippen molar-refractivity contribution in [1.82, 2.24) is 19.8 Å². The van der Waals surface area contributed by atoms with Crippen molar-refractivity contribution >= 4 is 27.5 Å². The molecule has 0 radical (unpaired) electrons. The van der Waals surface area contributed by atoms with Gasteiger partial charge in [0.15, 0.2) is 5.76 Å². The van der Waals surface area contributed by atoms with Gasteiger partial charge in [-0.2, -0.15) is 0 Å². The first-order valence-corrected chi connectivity index (χ1v) is 8.60. The number of H-pyrrole nitrogens is 1. The SMILES string of the molecule is O=C(c1ccco1)N1CCN(Cc2nc3ccsc3c(=O)[nH]2)CC1. The van der Waals surface area contributed by atoms with Crippen LogP contribution in [-0.4, -0.2) is 51.9 Å². The van der Waals surface area contributed by atoms with Crippen LogP contribution in [0.25, 0.3) is 10.2 Å². The molecule has 1 saturated heterocycles. The second kappa shape index (κ2) is 6.21. The Kier molecular flexibility index (Phi) is 3.91. The number of amides is 1. The Labute approximate surface area is 141 Å². The average Bonchev–Trinajstić information content (AvgIpc) is 3.26. The monoisotopic (exact) mass is 344 g/mol. The molecule has 0 aliphatic carbocycles. The maximum absolute atomic E-state index is 12.2. The Bertz CT molecular complexity index is 907. The summed E-state index contributed by atoms with van der Waals surface area (Å²) in [5, 5.41) is 1.87. The van der Waals surface area contributed by atoms with Crippen LogP contribution >= 0.6 is 11.3 Å². The molecule has 1 fully saturated rings. The quantitative estimate of drug-likeness (QED) is 0.779. The van der Waals surface area contributed by atoms with E-state index in [1.807, 2.05) is 11.4 Å². The topological polar surface area (TPSA) is 82.4 Å². The molecule has 4 rings (SSSR count). The molecule has 3 aromatic heterocycles. The number of carbonyl (C=O) groups excluding carboxylic acids is 1. The number of hydrogen-bond donors (Lipinski definition) is 1. The number of hydrogen-bond acceptors (Lipinski definition) is 6. The highest BCUT2D eigenvalue weighted by molar-refractivity contribution is 7.17. The lowest BCUT2D eigenvalue weighted by atomic mass is 10.3. The van der Waals surface area contributed by atoms with Crippen molar-refractivity contribution in [2.45, 2.75) is 6.54 Å². The highest BCUT2D eigenvalue weighted by atomic mass is 32.1. The highest BCUT2D eigenvalue weighted by Crippen LogP contribution is 2.15. The first kappa shape index (κ1) is 15.1. The van der Waals surface area contributed by atoms with Crippen molar-refractivity contribution in [3.05, 3.63) is 51.8 Å². The van der Waals surface area contributed by atoms with Crippen molar-refractivity contribution < 1.29 is 9.21 Å². The molecule has 1 N–H and O–H groups in total. The maximum atomic E-state index is 12.2. The standard InChI is InChI=1S/C16H16N4O3S/c21-15-14-11(3-9-24-14)17-13(18-15)10-19-4-6-20(7-5-19)16(22)12-2-1-8-23-12/h1-3,8-9H,4-7,10H2,(H,17,18,21). The minimum atomic E-state index is -0.0865. The van der Waals surface area contributed by atoms with E-state index in [9.17, 15) is 9.59 Å². The molecule has 8 heteroatoms. The molecule has 0 unspecified atom stereocenters. The number of nitrogens with zero attached hydrogens (tertiary/aromatic N) is 3. The smallest absolute Gasteiger partial charge is 0.289 e. The predicted octanol–water partition coefficient (Wildman–Crippen LogP) is 1.54. The first-order chi connectivity index (χ1) is 11.7. The number of carbonyl (C=O) groups is 1. The van der Waals surface area contributed by atoms with Crippen LogP contribution in [0, 0.1) is 0 Å². The lowest BCUT2D eigenvalue weighted by molar-refractivity contribution is 0.0595. The minimum Gasteiger partial charge on any atom is -0.459 e. The molecule has 0 atom stereocenters. The normalized spacial score (nSPS) is 15.9. The Morgan fingerprint density at radius 2 is 2.12 bits per heavy atom. The number of aromatic amines is 1. The van der Waals surface area contributed by atoms with Crippen LogP contribution < -0.4 is 5.56 Å². The van der Waals surface area contributed by atoms with Crippen molar-refractivity contribution in [3.8, 4) is 0 Å². The summed E-state index contributed by atoms with van der Waals surface area (Å²) in [7, 11) is 0. The summed E-state index contributed by atoms with van der Waals surface area (Å²) in [6.07, 6.45) is 1.51. The summed E-state index contributed by atoms with van der Waals surface area (Å²) in [5.41, 5.74) is 0.655. The van der Waals surface area contributed by atoms with Crippen LogP contribution in [-0.2, 0) is 6.54 Å². The van der Waals surface area contributed by atoms with Gasteiger partial charge >= 0.3 is 0 Å². The fourth-order valence-corrected chi connectivity index (χ4v) is 3.60. The van der Waals surface area contributed by atoms with Crippen LogP contribution in [0.4, 0.5) is 0 Å². The van der Waals surface area contributed by atoms with E-state index in [0.717, 1.165) is 18.6 Å². The molecule has 1 aliphatic heterocycles. The fourth-order valence-electron chi connectivity index (χ4n) is 2.87. The van der Waals surface area contributed by atoms with Crippen molar-refractivity contribution in [3.63, 3.8) is 0 Å². The molecule has 0 saturated carbocycles. The molecular weight excluding hydrogens is 328 g/mol. The number of piperazine rings is 1. The van der Waals surface area contributed by atoms with Gasteiger partial charge in [-0.3, -0.25) is 14.5 Å². The molecule has 1 amide bonds. The molecule has 0 bridgehead atoms. The molecule has 4 heterocycles. The van der Waals surface area contributed by atoms with Gasteiger partial charge in [0.05, 0.1) is 18.3 Å². The summed E-state index contributed by atoms with van der Waals surface area (Å²) in [4.78, 5) is 35.6. The predicted molar refractivity (Wildman–Crippen MR) is 90.1 cm³/mol. The van der Waals surface area contributed by atoms with Crippen molar-refractivity contribution in [2.24, 2.45) is 0 Å². The zero-order valence-electron chi connectivity index (χ0n) is 12.9. The van der Waals surface area contributed by atoms with Crippen LogP contribution in [0.3, 0.4) is 0 Å². The van der Waals surface area contributed by atoms with E-state index in [1.54, 1.807) is 17.0 Å². The lowest BCUT2D eigenvalue weighted by Gasteiger charge is -2.33. The Balaban J connectivity index is 1.40. The van der Waals surface area contributed by atoms with Gasteiger partial charge < -0.3 is 14.3 Å². The summed E-state index contributed by atoms with van der Waals surface area (Å²) in [6, 6.07) is 5.25. The van der Waals surface area contributed by atoms with E-state index in [0.29, 0.717) is 35.9 Å². The number of rotatable bonds is 3. The maximum Gasteiger partial charge on any atom is 0.289 e. The Hall–Kier alpha value is -2.45. The van der Waals surface area contributed by atoms with Crippen molar-refractivity contribution in [2.75, 3.05) is 26.2 Å². The number of fused-ring (bicyclic) bond motifs is 1. The second-order valence-electron chi connectivity index (χ2n) is 5.69. The van der Waals surface area contributed by atoms with Gasteiger partial charge in [-0.05, 0) is 23.6 Å². The van der Waals surface area contributed by atoms with Gasteiger partial charge in [-0.1, -0.05) is 0 Å². The zero-order valence-corrected chi connectivity index (χ0v) is 13.7. The third-order valence-corrected chi connectivity index (χ3v) is 5.03. The highest BCUT2D eigenvalue weighted by Gasteiger charge is 2.24. The number of nitrogens with one attached hydrogen (secondary N) is 1. The van der Waals surface area contributed by atoms with Crippen LogP contribution in [0.2, 0.25) is 0 Å². The second-order valence-corrected chi connectivity index (χ2v) is 6.61. The summed E-state index contributed by atoms with van der Waals surface area (Å²) < 4.78 is 5.82. The molecule has 0 spiro atoms. The van der Waals surface area contributed by atoms with E-state index < -0.39 is 0 Å². The van der Waals surface area contributed by atoms with Crippen LogP contribution in [0.15, 0.2) is 39.1 Å². The molecule has 1 aliphatic rings. The Morgan fingerprint density at radius 1 is 1.29 bits per heavy atom. The van der Waals surface area contributed by atoms with E-state index >= 15 is 0 Å². The molecular formula is C16H16N4O3S. The van der Waals surface area contributed by atoms with Gasteiger partial charge in [-0.15, -0.1) is 11.3 Å². The van der Waals surface area contributed by atoms with Gasteiger partial charge in [0.2, 0.25) is 0 Å². The number of aromatic nitrogens is 2.